The van der Waals surface area contributed by atoms with Gasteiger partial charge in [0, 0.05) is 31.7 Å². The molecule has 1 spiro atoms. The standard InChI is InChI=1S/C18H27N3O2/c1-14-5-11-23-18(13-14)6-9-20(10-7-18)17(22)4-8-21-16(3)12-15(2)19-21/h12-13H,4-11H2,1-3H3. The average molecular weight is 317 g/mol. The highest BCUT2D eigenvalue weighted by molar-refractivity contribution is 5.76. The van der Waals surface area contributed by atoms with Crippen LogP contribution in [0.1, 0.15) is 44.0 Å². The molecule has 2 aliphatic heterocycles. The summed E-state index contributed by atoms with van der Waals surface area (Å²) < 4.78 is 7.95. The Hall–Kier alpha value is -1.62. The van der Waals surface area contributed by atoms with Crippen LogP contribution >= 0.6 is 0 Å². The van der Waals surface area contributed by atoms with Crippen LogP contribution in [-0.4, -0.2) is 45.9 Å². The zero-order valence-electron chi connectivity index (χ0n) is 14.5. The Morgan fingerprint density at radius 1 is 1.30 bits per heavy atom. The molecule has 0 N–H and O–H groups in total. The molecule has 2 aliphatic rings. The minimum atomic E-state index is -0.116. The fourth-order valence-electron chi connectivity index (χ4n) is 3.66. The number of ether oxygens (including phenoxy) is 1. The Morgan fingerprint density at radius 2 is 2.04 bits per heavy atom. The Balaban J connectivity index is 1.52. The van der Waals surface area contributed by atoms with Crippen LogP contribution in [0.15, 0.2) is 17.7 Å². The molecule has 3 heterocycles. The first-order valence-electron chi connectivity index (χ1n) is 8.59. The zero-order chi connectivity index (χ0) is 16.4. The van der Waals surface area contributed by atoms with Crippen LogP contribution in [-0.2, 0) is 16.1 Å². The van der Waals surface area contributed by atoms with Crippen LogP contribution in [0.2, 0.25) is 0 Å². The van der Waals surface area contributed by atoms with Gasteiger partial charge in [0.15, 0.2) is 0 Å². The molecular formula is C18H27N3O2. The van der Waals surface area contributed by atoms with Crippen LogP contribution in [0.4, 0.5) is 0 Å². The van der Waals surface area contributed by atoms with Crippen molar-refractivity contribution in [3.63, 3.8) is 0 Å². The van der Waals surface area contributed by atoms with Crippen molar-refractivity contribution in [3.05, 3.63) is 29.1 Å². The van der Waals surface area contributed by atoms with Gasteiger partial charge in [-0.25, -0.2) is 0 Å². The van der Waals surface area contributed by atoms with Crippen LogP contribution in [0.5, 0.6) is 0 Å². The molecule has 0 saturated carbocycles. The second kappa shape index (κ2) is 6.48. The van der Waals surface area contributed by atoms with Gasteiger partial charge in [0.05, 0.1) is 17.9 Å². The summed E-state index contributed by atoms with van der Waals surface area (Å²) in [7, 11) is 0. The van der Waals surface area contributed by atoms with Gasteiger partial charge in [-0.05, 0) is 46.1 Å². The van der Waals surface area contributed by atoms with Crippen molar-refractivity contribution in [2.24, 2.45) is 0 Å². The lowest BCUT2D eigenvalue weighted by Gasteiger charge is -2.42. The lowest BCUT2D eigenvalue weighted by molar-refractivity contribution is -0.136. The first-order chi connectivity index (χ1) is 11.0. The molecule has 5 heteroatoms. The number of nitrogens with zero attached hydrogens (tertiary/aromatic N) is 3. The minimum Gasteiger partial charge on any atom is -0.370 e. The number of piperidine rings is 1. The number of hydrogen-bond donors (Lipinski definition) is 0. The van der Waals surface area contributed by atoms with E-state index in [1.807, 2.05) is 29.5 Å². The molecule has 1 amide bonds. The predicted molar refractivity (Wildman–Crippen MR) is 89.2 cm³/mol. The lowest BCUT2D eigenvalue weighted by Crippen LogP contribution is -2.48. The Labute approximate surface area is 138 Å². The fraction of sp³-hybridized carbons (Fsp3) is 0.667. The van der Waals surface area contributed by atoms with E-state index in [2.05, 4.69) is 18.1 Å². The lowest BCUT2D eigenvalue weighted by atomic mass is 9.87. The number of rotatable bonds is 3. The van der Waals surface area contributed by atoms with Gasteiger partial charge >= 0.3 is 0 Å². The smallest absolute Gasteiger partial charge is 0.224 e. The van der Waals surface area contributed by atoms with Crippen molar-refractivity contribution < 1.29 is 9.53 Å². The highest BCUT2D eigenvalue weighted by atomic mass is 16.5. The van der Waals surface area contributed by atoms with Crippen molar-refractivity contribution in [1.29, 1.82) is 0 Å². The number of carbonyl (C=O) groups excluding carboxylic acids is 1. The van der Waals surface area contributed by atoms with E-state index in [1.54, 1.807) is 0 Å². The number of carbonyl (C=O) groups is 1. The highest BCUT2D eigenvalue weighted by Gasteiger charge is 2.36. The van der Waals surface area contributed by atoms with Gasteiger partial charge in [0.25, 0.3) is 0 Å². The van der Waals surface area contributed by atoms with E-state index < -0.39 is 0 Å². The number of amides is 1. The first-order valence-corrected chi connectivity index (χ1v) is 8.59. The summed E-state index contributed by atoms with van der Waals surface area (Å²) in [5.74, 6) is 0.226. The molecule has 0 aromatic carbocycles. The second-order valence-corrected chi connectivity index (χ2v) is 6.93. The van der Waals surface area contributed by atoms with Crippen molar-refractivity contribution in [3.8, 4) is 0 Å². The van der Waals surface area contributed by atoms with Gasteiger partial charge < -0.3 is 9.64 Å². The number of likely N-dealkylation sites (tertiary alicyclic amines) is 1. The molecule has 1 aromatic rings. The largest absolute Gasteiger partial charge is 0.370 e. The van der Waals surface area contributed by atoms with Crippen molar-refractivity contribution in [2.75, 3.05) is 19.7 Å². The Kier molecular flexibility index (Phi) is 4.57. The summed E-state index contributed by atoms with van der Waals surface area (Å²) in [6.07, 6.45) is 5.66. The summed E-state index contributed by atoms with van der Waals surface area (Å²) in [6.45, 7) is 9.25. The zero-order valence-corrected chi connectivity index (χ0v) is 14.5. The van der Waals surface area contributed by atoms with E-state index in [0.29, 0.717) is 13.0 Å². The third-order valence-corrected chi connectivity index (χ3v) is 5.00. The third kappa shape index (κ3) is 3.66. The quantitative estimate of drug-likeness (QED) is 0.805. The van der Waals surface area contributed by atoms with Crippen LogP contribution in [0.3, 0.4) is 0 Å². The summed E-state index contributed by atoms with van der Waals surface area (Å²) in [5.41, 5.74) is 3.42. The molecule has 0 bridgehead atoms. The van der Waals surface area contributed by atoms with E-state index in [0.717, 1.165) is 50.3 Å². The average Bonchev–Trinajstić information content (AvgIpc) is 2.83. The maximum Gasteiger partial charge on any atom is 0.224 e. The normalized spacial score (nSPS) is 20.7. The van der Waals surface area contributed by atoms with Gasteiger partial charge in [-0.3, -0.25) is 9.48 Å². The topological polar surface area (TPSA) is 47.4 Å². The van der Waals surface area contributed by atoms with E-state index in [1.165, 1.54) is 5.57 Å². The third-order valence-electron chi connectivity index (χ3n) is 5.00. The van der Waals surface area contributed by atoms with Gasteiger partial charge in [0.2, 0.25) is 5.91 Å². The molecule has 3 rings (SSSR count). The molecule has 1 fully saturated rings. The number of aryl methyl sites for hydroxylation is 3. The van der Waals surface area contributed by atoms with E-state index >= 15 is 0 Å². The molecule has 0 aliphatic carbocycles. The minimum absolute atomic E-state index is 0.116. The molecule has 0 radical (unpaired) electrons. The SMILES string of the molecule is CC1=CC2(CCN(C(=O)CCn3nc(C)cc3C)CC2)OCC1. The molecule has 0 atom stereocenters. The van der Waals surface area contributed by atoms with E-state index in [9.17, 15) is 4.79 Å². The summed E-state index contributed by atoms with van der Waals surface area (Å²) in [5, 5.41) is 4.42. The first kappa shape index (κ1) is 16.2. The summed E-state index contributed by atoms with van der Waals surface area (Å²) in [6, 6.07) is 2.05. The van der Waals surface area contributed by atoms with Crippen molar-refractivity contribution >= 4 is 5.91 Å². The van der Waals surface area contributed by atoms with Crippen molar-refractivity contribution in [2.45, 2.75) is 58.6 Å². The molecule has 0 unspecified atom stereocenters. The predicted octanol–water partition coefficient (Wildman–Crippen LogP) is 2.62. The van der Waals surface area contributed by atoms with Crippen LogP contribution < -0.4 is 0 Å². The number of hydrogen-bond acceptors (Lipinski definition) is 3. The highest BCUT2D eigenvalue weighted by Crippen LogP contribution is 2.33. The van der Waals surface area contributed by atoms with Gasteiger partial charge in [-0.1, -0.05) is 11.6 Å². The molecule has 1 aromatic heterocycles. The van der Waals surface area contributed by atoms with Gasteiger partial charge in [-0.2, -0.15) is 5.10 Å². The maximum atomic E-state index is 12.5. The van der Waals surface area contributed by atoms with E-state index in [4.69, 9.17) is 4.74 Å². The molecular weight excluding hydrogens is 290 g/mol. The van der Waals surface area contributed by atoms with Gasteiger partial charge in [0.1, 0.15) is 0 Å². The van der Waals surface area contributed by atoms with Crippen LogP contribution in [0.25, 0.3) is 0 Å². The maximum absolute atomic E-state index is 12.5. The summed E-state index contributed by atoms with van der Waals surface area (Å²) in [4.78, 5) is 14.4. The monoisotopic (exact) mass is 317 g/mol. The molecule has 126 valence electrons. The van der Waals surface area contributed by atoms with Gasteiger partial charge in [-0.15, -0.1) is 0 Å². The molecule has 5 nitrogen and oxygen atoms in total. The number of aromatic nitrogens is 2. The van der Waals surface area contributed by atoms with Crippen molar-refractivity contribution in [1.82, 2.24) is 14.7 Å². The molecule has 1 saturated heterocycles. The second-order valence-electron chi connectivity index (χ2n) is 6.93. The fourth-order valence-corrected chi connectivity index (χ4v) is 3.66. The summed E-state index contributed by atoms with van der Waals surface area (Å²) >= 11 is 0. The Morgan fingerprint density at radius 3 is 2.65 bits per heavy atom. The van der Waals surface area contributed by atoms with Crippen LogP contribution in [0, 0.1) is 13.8 Å². The van der Waals surface area contributed by atoms with E-state index in [-0.39, 0.29) is 11.5 Å². The molecule has 23 heavy (non-hydrogen) atoms. The Bertz CT molecular complexity index is 610.